The summed E-state index contributed by atoms with van der Waals surface area (Å²) in [5, 5.41) is 0.765. The van der Waals surface area contributed by atoms with Gasteiger partial charge >= 0.3 is 0 Å². The molecule has 2 rings (SSSR count). The van der Waals surface area contributed by atoms with E-state index in [1.165, 1.54) is 0 Å². The van der Waals surface area contributed by atoms with Gasteiger partial charge in [-0.05, 0) is 12.1 Å². The molecule has 108 valence electrons. The smallest absolute Gasteiger partial charge is 0.256 e. The van der Waals surface area contributed by atoms with E-state index in [1.54, 1.807) is 23.1 Å². The van der Waals surface area contributed by atoms with Crippen molar-refractivity contribution in [3.63, 3.8) is 0 Å². The number of carbonyl (C=O) groups excluding carboxylic acids is 1. The first-order valence-corrected chi connectivity index (χ1v) is 7.39. The normalized spacial score (nSPS) is 16.2. The molecule has 1 fully saturated rings. The first-order valence-electron chi connectivity index (χ1n) is 6.23. The summed E-state index contributed by atoms with van der Waals surface area (Å²) in [6.07, 6.45) is 0. The van der Waals surface area contributed by atoms with E-state index in [-0.39, 0.29) is 5.91 Å². The van der Waals surface area contributed by atoms with Crippen molar-refractivity contribution >= 4 is 46.3 Å². The Labute approximate surface area is 133 Å². The van der Waals surface area contributed by atoms with Gasteiger partial charge in [-0.15, -0.1) is 0 Å². The highest BCUT2D eigenvalue weighted by atomic mass is 35.5. The van der Waals surface area contributed by atoms with E-state index in [9.17, 15) is 4.79 Å². The number of hydrogen-bond acceptors (Lipinski definition) is 3. The molecule has 1 aromatic carbocycles. The first-order chi connectivity index (χ1) is 9.49. The number of thiocarbonyl (C=S) groups is 1. The Morgan fingerprint density at radius 3 is 2.25 bits per heavy atom. The van der Waals surface area contributed by atoms with Crippen LogP contribution in [-0.4, -0.2) is 53.4 Å². The first kappa shape index (κ1) is 15.5. The molecule has 1 amide bonds. The molecule has 0 bridgehead atoms. The van der Waals surface area contributed by atoms with Gasteiger partial charge in [-0.2, -0.15) is 0 Å². The summed E-state index contributed by atoms with van der Waals surface area (Å²) >= 11 is 17.0. The van der Waals surface area contributed by atoms with Gasteiger partial charge in [0.05, 0.1) is 20.6 Å². The maximum absolute atomic E-state index is 12.5. The maximum Gasteiger partial charge on any atom is 0.256 e. The molecule has 0 spiro atoms. The monoisotopic (exact) mass is 331 g/mol. The summed E-state index contributed by atoms with van der Waals surface area (Å²) in [6.45, 7) is 3.30. The zero-order valence-corrected chi connectivity index (χ0v) is 13.1. The minimum absolute atomic E-state index is 0.129. The van der Waals surface area contributed by atoms with Crippen molar-refractivity contribution in [2.75, 3.05) is 32.7 Å². The van der Waals surface area contributed by atoms with Gasteiger partial charge in [0, 0.05) is 32.7 Å². The second-order valence-electron chi connectivity index (χ2n) is 4.63. The molecule has 0 saturated carbocycles. The molecule has 0 aromatic heterocycles. The molecule has 1 heterocycles. The summed E-state index contributed by atoms with van der Waals surface area (Å²) in [7, 11) is 0. The van der Waals surface area contributed by atoms with Crippen LogP contribution in [0.4, 0.5) is 0 Å². The molecular weight excluding hydrogens is 317 g/mol. The third kappa shape index (κ3) is 3.61. The third-order valence-corrected chi connectivity index (χ3v) is 3.97. The van der Waals surface area contributed by atoms with Gasteiger partial charge in [0.2, 0.25) is 0 Å². The largest absolute Gasteiger partial charge is 0.392 e. The predicted molar refractivity (Wildman–Crippen MR) is 85.6 cm³/mol. The van der Waals surface area contributed by atoms with Crippen molar-refractivity contribution in [2.45, 2.75) is 0 Å². The summed E-state index contributed by atoms with van der Waals surface area (Å²) < 4.78 is 0. The second kappa shape index (κ2) is 6.72. The van der Waals surface area contributed by atoms with Gasteiger partial charge in [0.25, 0.3) is 5.91 Å². The van der Waals surface area contributed by atoms with E-state index in [0.717, 1.165) is 13.1 Å². The topological polar surface area (TPSA) is 49.6 Å². The van der Waals surface area contributed by atoms with Crippen LogP contribution in [0.1, 0.15) is 10.4 Å². The fourth-order valence-electron chi connectivity index (χ4n) is 2.19. The highest BCUT2D eigenvalue weighted by molar-refractivity contribution is 7.80. The van der Waals surface area contributed by atoms with Crippen molar-refractivity contribution in [1.29, 1.82) is 0 Å². The van der Waals surface area contributed by atoms with Crippen LogP contribution in [0.25, 0.3) is 0 Å². The lowest BCUT2D eigenvalue weighted by Gasteiger charge is -2.34. The highest BCUT2D eigenvalue weighted by Crippen LogP contribution is 2.26. The molecule has 1 aliphatic heterocycles. The number of benzene rings is 1. The highest BCUT2D eigenvalue weighted by Gasteiger charge is 2.25. The minimum atomic E-state index is -0.129. The van der Waals surface area contributed by atoms with Crippen molar-refractivity contribution in [1.82, 2.24) is 9.80 Å². The molecule has 0 unspecified atom stereocenters. The average molecular weight is 332 g/mol. The average Bonchev–Trinajstić information content (AvgIpc) is 2.38. The Balaban J connectivity index is 2.04. The number of nitrogens with zero attached hydrogens (tertiary/aromatic N) is 2. The van der Waals surface area contributed by atoms with E-state index in [1.807, 2.05) is 0 Å². The van der Waals surface area contributed by atoms with Crippen molar-refractivity contribution in [3.05, 3.63) is 33.8 Å². The summed E-state index contributed by atoms with van der Waals surface area (Å²) in [4.78, 5) is 16.8. The predicted octanol–water partition coefficient (Wildman–Crippen LogP) is 2.04. The van der Waals surface area contributed by atoms with E-state index in [4.69, 9.17) is 41.2 Å². The number of rotatable bonds is 3. The van der Waals surface area contributed by atoms with Crippen LogP contribution in [0.15, 0.2) is 18.2 Å². The van der Waals surface area contributed by atoms with E-state index in [0.29, 0.717) is 40.2 Å². The fourth-order valence-corrected chi connectivity index (χ4v) is 2.93. The summed E-state index contributed by atoms with van der Waals surface area (Å²) in [6, 6.07) is 5.06. The van der Waals surface area contributed by atoms with Crippen LogP contribution in [0.5, 0.6) is 0 Å². The van der Waals surface area contributed by atoms with Gasteiger partial charge < -0.3 is 10.6 Å². The van der Waals surface area contributed by atoms with Crippen LogP contribution in [0.3, 0.4) is 0 Å². The molecule has 2 N–H and O–H groups in total. The van der Waals surface area contributed by atoms with Gasteiger partial charge in [0.15, 0.2) is 0 Å². The standard InChI is InChI=1S/C13H15Cl2N3OS/c14-9-2-1-3-10(15)12(9)13(19)18-6-4-17(5-7-18)8-11(16)20/h1-3H,4-8H2,(H2,16,20). The zero-order valence-electron chi connectivity index (χ0n) is 10.8. The molecule has 1 saturated heterocycles. The molecule has 0 aliphatic carbocycles. The number of nitrogens with two attached hydrogens (primary N) is 1. The molecule has 7 heteroatoms. The van der Waals surface area contributed by atoms with Crippen molar-refractivity contribution in [3.8, 4) is 0 Å². The SMILES string of the molecule is NC(=S)CN1CCN(C(=O)c2c(Cl)cccc2Cl)CC1. The maximum atomic E-state index is 12.5. The van der Waals surface area contributed by atoms with Crippen molar-refractivity contribution in [2.24, 2.45) is 5.73 Å². The lowest BCUT2D eigenvalue weighted by molar-refractivity contribution is 0.0655. The zero-order chi connectivity index (χ0) is 14.7. The van der Waals surface area contributed by atoms with Crippen LogP contribution in [-0.2, 0) is 0 Å². The Morgan fingerprint density at radius 2 is 1.75 bits per heavy atom. The van der Waals surface area contributed by atoms with E-state index in [2.05, 4.69) is 4.90 Å². The van der Waals surface area contributed by atoms with Crippen LogP contribution in [0.2, 0.25) is 10.0 Å². The lowest BCUT2D eigenvalue weighted by atomic mass is 10.1. The molecule has 1 aromatic rings. The van der Waals surface area contributed by atoms with Gasteiger partial charge in [0.1, 0.15) is 0 Å². The molecule has 0 radical (unpaired) electrons. The quantitative estimate of drug-likeness (QED) is 0.861. The van der Waals surface area contributed by atoms with Gasteiger partial charge in [-0.1, -0.05) is 41.5 Å². The molecule has 4 nitrogen and oxygen atoms in total. The summed E-state index contributed by atoms with van der Waals surface area (Å²) in [5.74, 6) is -0.129. The lowest BCUT2D eigenvalue weighted by Crippen LogP contribution is -2.50. The number of hydrogen-bond donors (Lipinski definition) is 1. The molecule has 1 aliphatic rings. The minimum Gasteiger partial charge on any atom is -0.392 e. The Bertz CT molecular complexity index is 510. The van der Waals surface area contributed by atoms with Gasteiger partial charge in [-0.25, -0.2) is 0 Å². The van der Waals surface area contributed by atoms with Crippen LogP contribution >= 0.6 is 35.4 Å². The van der Waals surface area contributed by atoms with Crippen LogP contribution < -0.4 is 5.73 Å². The van der Waals surface area contributed by atoms with Gasteiger partial charge in [-0.3, -0.25) is 9.69 Å². The van der Waals surface area contributed by atoms with Crippen LogP contribution in [0, 0.1) is 0 Å². The number of piperazine rings is 1. The third-order valence-electron chi connectivity index (χ3n) is 3.22. The Morgan fingerprint density at radius 1 is 1.20 bits per heavy atom. The fraction of sp³-hybridized carbons (Fsp3) is 0.385. The van der Waals surface area contributed by atoms with Crippen molar-refractivity contribution < 1.29 is 4.79 Å². The molecule has 20 heavy (non-hydrogen) atoms. The molecular formula is C13H15Cl2N3OS. The Kier molecular flexibility index (Phi) is 5.21. The molecule has 0 atom stereocenters. The second-order valence-corrected chi connectivity index (χ2v) is 5.97. The van der Waals surface area contributed by atoms with E-state index < -0.39 is 0 Å². The number of amides is 1. The number of carbonyl (C=O) groups is 1. The number of halogens is 2. The van der Waals surface area contributed by atoms with E-state index >= 15 is 0 Å². The Hall–Kier alpha value is -0.880. The summed E-state index contributed by atoms with van der Waals surface area (Å²) in [5.41, 5.74) is 5.90.